The molecule has 1 aliphatic heterocycles. The van der Waals surface area contributed by atoms with Gasteiger partial charge in [0.05, 0.1) is 0 Å². The van der Waals surface area contributed by atoms with Crippen LogP contribution in [-0.4, -0.2) is 12.6 Å². The van der Waals surface area contributed by atoms with E-state index in [2.05, 4.69) is 12.2 Å². The second-order valence-corrected chi connectivity index (χ2v) is 4.03. The van der Waals surface area contributed by atoms with E-state index in [1.807, 2.05) is 0 Å². The largest absolute Gasteiger partial charge is 0.311 e. The lowest BCUT2D eigenvalue weighted by atomic mass is 9.81. The van der Waals surface area contributed by atoms with Crippen molar-refractivity contribution in [1.82, 2.24) is 5.32 Å². The fourth-order valence-corrected chi connectivity index (χ4v) is 2.09. The van der Waals surface area contributed by atoms with Gasteiger partial charge in [0, 0.05) is 12.6 Å². The van der Waals surface area contributed by atoms with Crippen molar-refractivity contribution in [3.8, 4) is 0 Å². The molecule has 58 valence electrons. The first-order valence-corrected chi connectivity index (χ1v) is 4.59. The van der Waals surface area contributed by atoms with Crippen LogP contribution >= 0.6 is 0 Å². The fraction of sp³-hybridized carbons (Fsp3) is 1.00. The third kappa shape index (κ3) is 1.34. The summed E-state index contributed by atoms with van der Waals surface area (Å²) in [5, 5.41) is 3.42. The molecule has 1 saturated carbocycles. The van der Waals surface area contributed by atoms with Gasteiger partial charge >= 0.3 is 0 Å². The summed E-state index contributed by atoms with van der Waals surface area (Å²) in [5.74, 6) is 2.05. The van der Waals surface area contributed by atoms with Crippen molar-refractivity contribution >= 4 is 0 Å². The van der Waals surface area contributed by atoms with Crippen molar-refractivity contribution in [1.29, 1.82) is 0 Å². The predicted molar refractivity (Wildman–Crippen MR) is 42.9 cm³/mol. The molecule has 1 atom stereocenters. The zero-order chi connectivity index (χ0) is 6.97. The monoisotopic (exact) mass is 139 g/mol. The molecule has 2 aliphatic rings. The van der Waals surface area contributed by atoms with Crippen LogP contribution in [0.2, 0.25) is 0 Å². The van der Waals surface area contributed by atoms with Gasteiger partial charge in [0.15, 0.2) is 0 Å². The first-order valence-electron chi connectivity index (χ1n) is 4.59. The minimum atomic E-state index is 0.924. The lowest BCUT2D eigenvalue weighted by Gasteiger charge is -2.25. The molecule has 1 aliphatic carbocycles. The molecule has 0 aromatic heterocycles. The van der Waals surface area contributed by atoms with Gasteiger partial charge < -0.3 is 5.32 Å². The van der Waals surface area contributed by atoms with E-state index >= 15 is 0 Å². The Kier molecular flexibility index (Phi) is 1.69. The van der Waals surface area contributed by atoms with Crippen LogP contribution in [0, 0.1) is 11.8 Å². The summed E-state index contributed by atoms with van der Waals surface area (Å²) < 4.78 is 0. The first-order chi connectivity index (χ1) is 4.86. The van der Waals surface area contributed by atoms with E-state index in [9.17, 15) is 0 Å². The maximum atomic E-state index is 3.42. The standard InChI is InChI=1S/C9H17N/c1-7-2-4-8(5-3-7)9-6-10-9/h7-10H,2-6H2,1H3. The Morgan fingerprint density at radius 2 is 1.70 bits per heavy atom. The molecule has 1 N–H and O–H groups in total. The zero-order valence-electron chi connectivity index (χ0n) is 6.77. The number of hydrogen-bond donors (Lipinski definition) is 1. The lowest BCUT2D eigenvalue weighted by molar-refractivity contribution is 0.286. The average Bonchev–Trinajstić information content (AvgIpc) is 2.71. The normalized spacial score (nSPS) is 47.1. The maximum Gasteiger partial charge on any atom is 0.0221 e. The smallest absolute Gasteiger partial charge is 0.0221 e. The highest BCUT2D eigenvalue weighted by molar-refractivity contribution is 4.91. The second-order valence-electron chi connectivity index (χ2n) is 4.03. The molecule has 1 heteroatoms. The molecular weight excluding hydrogens is 122 g/mol. The van der Waals surface area contributed by atoms with Gasteiger partial charge in [0.1, 0.15) is 0 Å². The molecule has 0 amide bonds. The summed E-state index contributed by atoms with van der Waals surface area (Å²) in [6, 6.07) is 0.924. The van der Waals surface area contributed by atoms with Crippen molar-refractivity contribution in [2.75, 3.05) is 6.54 Å². The third-order valence-electron chi connectivity index (χ3n) is 3.07. The summed E-state index contributed by atoms with van der Waals surface area (Å²) >= 11 is 0. The van der Waals surface area contributed by atoms with Gasteiger partial charge in [-0.25, -0.2) is 0 Å². The molecule has 0 aromatic carbocycles. The highest BCUT2D eigenvalue weighted by Crippen LogP contribution is 2.32. The number of nitrogens with one attached hydrogen (secondary N) is 1. The van der Waals surface area contributed by atoms with Gasteiger partial charge in [-0.15, -0.1) is 0 Å². The van der Waals surface area contributed by atoms with Crippen molar-refractivity contribution in [2.24, 2.45) is 11.8 Å². The van der Waals surface area contributed by atoms with Gasteiger partial charge in [-0.05, 0) is 24.7 Å². The van der Waals surface area contributed by atoms with E-state index in [0.29, 0.717) is 0 Å². The Hall–Kier alpha value is -0.0400. The minimum absolute atomic E-state index is 0.924. The molecule has 1 saturated heterocycles. The second kappa shape index (κ2) is 2.54. The van der Waals surface area contributed by atoms with E-state index in [4.69, 9.17) is 0 Å². The predicted octanol–water partition coefficient (Wildman–Crippen LogP) is 1.78. The van der Waals surface area contributed by atoms with E-state index in [1.54, 1.807) is 0 Å². The Balaban J connectivity index is 1.79. The highest BCUT2D eigenvalue weighted by atomic mass is 15.1. The third-order valence-corrected chi connectivity index (χ3v) is 3.07. The fourth-order valence-electron chi connectivity index (χ4n) is 2.09. The summed E-state index contributed by atoms with van der Waals surface area (Å²) in [7, 11) is 0. The Labute approximate surface area is 63.2 Å². The molecule has 10 heavy (non-hydrogen) atoms. The van der Waals surface area contributed by atoms with Crippen LogP contribution in [0.25, 0.3) is 0 Å². The summed E-state index contributed by atoms with van der Waals surface area (Å²) in [4.78, 5) is 0. The van der Waals surface area contributed by atoms with Crippen LogP contribution in [0.5, 0.6) is 0 Å². The van der Waals surface area contributed by atoms with E-state index < -0.39 is 0 Å². The molecular formula is C9H17N. The Bertz CT molecular complexity index is 110. The molecule has 2 fully saturated rings. The molecule has 0 aromatic rings. The van der Waals surface area contributed by atoms with Gasteiger partial charge in [0.2, 0.25) is 0 Å². The SMILES string of the molecule is CC1CCC(C2CN2)CC1. The average molecular weight is 139 g/mol. The van der Waals surface area contributed by atoms with Crippen LogP contribution in [-0.2, 0) is 0 Å². The van der Waals surface area contributed by atoms with E-state index in [1.165, 1.54) is 32.2 Å². The van der Waals surface area contributed by atoms with Crippen molar-refractivity contribution in [2.45, 2.75) is 38.6 Å². The van der Waals surface area contributed by atoms with Crippen molar-refractivity contribution in [3.05, 3.63) is 0 Å². The summed E-state index contributed by atoms with van der Waals surface area (Å²) in [6.07, 6.45) is 5.92. The maximum absolute atomic E-state index is 3.42. The van der Waals surface area contributed by atoms with Crippen LogP contribution in [0.1, 0.15) is 32.6 Å². The van der Waals surface area contributed by atoms with Crippen LogP contribution in [0.3, 0.4) is 0 Å². The molecule has 1 nitrogen and oxygen atoms in total. The summed E-state index contributed by atoms with van der Waals surface area (Å²) in [5.41, 5.74) is 0. The number of hydrogen-bond acceptors (Lipinski definition) is 1. The zero-order valence-corrected chi connectivity index (χ0v) is 6.77. The van der Waals surface area contributed by atoms with Gasteiger partial charge in [-0.2, -0.15) is 0 Å². The Morgan fingerprint density at radius 1 is 1.10 bits per heavy atom. The minimum Gasteiger partial charge on any atom is -0.311 e. The van der Waals surface area contributed by atoms with Crippen LogP contribution < -0.4 is 5.32 Å². The molecule has 1 unspecified atom stereocenters. The molecule has 0 bridgehead atoms. The summed E-state index contributed by atoms with van der Waals surface area (Å²) in [6.45, 7) is 3.69. The van der Waals surface area contributed by atoms with E-state index in [-0.39, 0.29) is 0 Å². The molecule has 0 spiro atoms. The van der Waals surface area contributed by atoms with Crippen molar-refractivity contribution < 1.29 is 0 Å². The molecule has 1 heterocycles. The lowest BCUT2D eigenvalue weighted by Crippen LogP contribution is -2.18. The molecule has 2 rings (SSSR count). The van der Waals surface area contributed by atoms with Crippen LogP contribution in [0.15, 0.2) is 0 Å². The topological polar surface area (TPSA) is 21.9 Å². The van der Waals surface area contributed by atoms with Gasteiger partial charge in [-0.3, -0.25) is 0 Å². The van der Waals surface area contributed by atoms with Crippen LogP contribution in [0.4, 0.5) is 0 Å². The molecule has 0 radical (unpaired) electrons. The highest BCUT2D eigenvalue weighted by Gasteiger charge is 2.32. The van der Waals surface area contributed by atoms with Gasteiger partial charge in [0.25, 0.3) is 0 Å². The van der Waals surface area contributed by atoms with E-state index in [0.717, 1.165) is 17.9 Å². The van der Waals surface area contributed by atoms with Gasteiger partial charge in [-0.1, -0.05) is 19.8 Å². The Morgan fingerprint density at radius 3 is 2.20 bits per heavy atom. The van der Waals surface area contributed by atoms with Crippen molar-refractivity contribution in [3.63, 3.8) is 0 Å². The quantitative estimate of drug-likeness (QED) is 0.550. The first kappa shape index (κ1) is 6.66. The number of rotatable bonds is 1.